The van der Waals surface area contributed by atoms with E-state index < -0.39 is 16.9 Å². The third-order valence-electron chi connectivity index (χ3n) is 6.37. The molecule has 1 atom stereocenters. The summed E-state index contributed by atoms with van der Waals surface area (Å²) in [7, 11) is 0. The number of amides is 1. The molecule has 1 aliphatic carbocycles. The predicted octanol–water partition coefficient (Wildman–Crippen LogP) is 5.44. The van der Waals surface area contributed by atoms with Crippen LogP contribution in [0.25, 0.3) is 6.08 Å². The number of nitro groups is 1. The number of benzene rings is 2. The van der Waals surface area contributed by atoms with Gasteiger partial charge in [0.2, 0.25) is 5.91 Å². The van der Waals surface area contributed by atoms with E-state index in [0.717, 1.165) is 0 Å². The molecule has 2 aliphatic rings. The number of carbonyl (C=O) groups is 2. The fraction of sp³-hybridized carbons (Fsp3) is 0.333. The van der Waals surface area contributed by atoms with Gasteiger partial charge in [0.1, 0.15) is 11.4 Å². The van der Waals surface area contributed by atoms with Crippen LogP contribution in [0.2, 0.25) is 0 Å². The van der Waals surface area contributed by atoms with Crippen molar-refractivity contribution in [3.63, 3.8) is 0 Å². The van der Waals surface area contributed by atoms with Crippen molar-refractivity contribution in [3.05, 3.63) is 75.5 Å². The number of nitrogens with zero attached hydrogens (tertiary/aromatic N) is 2. The van der Waals surface area contributed by atoms with Crippen LogP contribution in [0.4, 0.5) is 17.1 Å². The van der Waals surface area contributed by atoms with E-state index >= 15 is 0 Å². The van der Waals surface area contributed by atoms with Gasteiger partial charge in [-0.1, -0.05) is 52.0 Å². The summed E-state index contributed by atoms with van der Waals surface area (Å²) in [4.78, 5) is 39.7. The standard InChI is InChI=1S/C27H29N3O5/c1-16(2)26(33)29-20(13-12-17-8-5-6-9-19(17)30(34)35)24-18(14-27(3,4)15-23(24)32)28-25-21(29)10-7-11-22(25)31/h5-13,16,20,28,31H,14-15H2,1-4H3/b13-12+. The van der Waals surface area contributed by atoms with Crippen molar-refractivity contribution in [3.8, 4) is 5.75 Å². The summed E-state index contributed by atoms with van der Waals surface area (Å²) in [5, 5.41) is 25.5. The third kappa shape index (κ3) is 4.56. The Hall–Kier alpha value is -3.94. The van der Waals surface area contributed by atoms with E-state index in [1.807, 2.05) is 13.8 Å². The van der Waals surface area contributed by atoms with Crippen molar-refractivity contribution >= 4 is 34.8 Å². The molecule has 2 N–H and O–H groups in total. The summed E-state index contributed by atoms with van der Waals surface area (Å²) >= 11 is 0. The maximum Gasteiger partial charge on any atom is 0.276 e. The number of nitrogens with one attached hydrogen (secondary N) is 1. The first-order valence-electron chi connectivity index (χ1n) is 11.6. The molecule has 1 amide bonds. The number of aromatic hydroxyl groups is 1. The number of nitro benzene ring substituents is 1. The monoisotopic (exact) mass is 475 g/mol. The molecule has 1 heterocycles. The number of Topliss-reactive ketones (excluding diaryl/α,β-unsaturated/α-hetero) is 1. The summed E-state index contributed by atoms with van der Waals surface area (Å²) in [5.41, 5.74) is 1.88. The van der Waals surface area contributed by atoms with Gasteiger partial charge in [-0.05, 0) is 36.1 Å². The highest BCUT2D eigenvalue weighted by molar-refractivity contribution is 6.07. The molecule has 1 aliphatic heterocycles. The second-order valence-electron chi connectivity index (χ2n) is 10.1. The van der Waals surface area contributed by atoms with Crippen molar-refractivity contribution < 1.29 is 19.6 Å². The second kappa shape index (κ2) is 9.02. The Balaban J connectivity index is 1.97. The quantitative estimate of drug-likeness (QED) is 0.346. The van der Waals surface area contributed by atoms with Gasteiger partial charge in [0, 0.05) is 29.7 Å². The maximum absolute atomic E-state index is 13.6. The molecule has 0 radical (unpaired) electrons. The van der Waals surface area contributed by atoms with Gasteiger partial charge in [-0.3, -0.25) is 24.6 Å². The van der Waals surface area contributed by atoms with Crippen molar-refractivity contribution in [1.29, 1.82) is 0 Å². The van der Waals surface area contributed by atoms with Crippen LogP contribution in [0.3, 0.4) is 0 Å². The van der Waals surface area contributed by atoms with Crippen LogP contribution in [0, 0.1) is 21.4 Å². The molecule has 0 aromatic heterocycles. The highest BCUT2D eigenvalue weighted by atomic mass is 16.6. The minimum absolute atomic E-state index is 0.0324. The van der Waals surface area contributed by atoms with Crippen LogP contribution in [0.15, 0.2) is 59.8 Å². The summed E-state index contributed by atoms with van der Waals surface area (Å²) in [5.74, 6) is -0.767. The van der Waals surface area contributed by atoms with Crippen LogP contribution in [0.1, 0.15) is 46.1 Å². The number of rotatable bonds is 4. The Kier molecular flexibility index (Phi) is 6.23. The molecule has 182 valence electrons. The molecule has 0 saturated heterocycles. The van der Waals surface area contributed by atoms with Gasteiger partial charge in [-0.25, -0.2) is 0 Å². The van der Waals surface area contributed by atoms with E-state index in [0.29, 0.717) is 41.1 Å². The average molecular weight is 476 g/mol. The second-order valence-corrected chi connectivity index (χ2v) is 10.1. The smallest absolute Gasteiger partial charge is 0.276 e. The van der Waals surface area contributed by atoms with Gasteiger partial charge < -0.3 is 10.4 Å². The Morgan fingerprint density at radius 2 is 1.91 bits per heavy atom. The van der Waals surface area contributed by atoms with E-state index in [-0.39, 0.29) is 28.5 Å². The molecule has 35 heavy (non-hydrogen) atoms. The molecule has 2 aromatic carbocycles. The first kappa shape index (κ1) is 24.2. The normalized spacial score (nSPS) is 19.3. The zero-order chi connectivity index (χ0) is 25.5. The van der Waals surface area contributed by atoms with Crippen LogP contribution >= 0.6 is 0 Å². The Bertz CT molecular complexity index is 1280. The number of carbonyl (C=O) groups excluding carboxylic acids is 2. The highest BCUT2D eigenvalue weighted by Gasteiger charge is 2.42. The number of phenolic OH excluding ortho intramolecular Hbond substituents is 1. The number of hydrogen-bond acceptors (Lipinski definition) is 6. The van der Waals surface area contributed by atoms with E-state index in [1.54, 1.807) is 56.3 Å². The van der Waals surface area contributed by atoms with Crippen LogP contribution < -0.4 is 10.2 Å². The lowest BCUT2D eigenvalue weighted by atomic mass is 9.74. The zero-order valence-electron chi connectivity index (χ0n) is 20.2. The van der Waals surface area contributed by atoms with Gasteiger partial charge >= 0.3 is 0 Å². The Labute approximate surface area is 204 Å². The summed E-state index contributed by atoms with van der Waals surface area (Å²) < 4.78 is 0. The topological polar surface area (TPSA) is 113 Å². The summed E-state index contributed by atoms with van der Waals surface area (Å²) in [6, 6.07) is 10.4. The third-order valence-corrected chi connectivity index (χ3v) is 6.37. The molecule has 8 heteroatoms. The molecule has 2 aromatic rings. The van der Waals surface area contributed by atoms with E-state index in [2.05, 4.69) is 5.32 Å². The number of hydrogen-bond donors (Lipinski definition) is 2. The predicted molar refractivity (Wildman–Crippen MR) is 135 cm³/mol. The van der Waals surface area contributed by atoms with Gasteiger partial charge in [0.25, 0.3) is 5.69 Å². The molecule has 0 spiro atoms. The van der Waals surface area contributed by atoms with E-state index in [1.165, 1.54) is 17.0 Å². The minimum atomic E-state index is -0.807. The number of phenols is 1. The summed E-state index contributed by atoms with van der Waals surface area (Å²) in [6.45, 7) is 7.55. The molecule has 1 unspecified atom stereocenters. The Morgan fingerprint density at radius 1 is 1.20 bits per heavy atom. The van der Waals surface area contributed by atoms with Gasteiger partial charge in [0.15, 0.2) is 5.78 Å². The molecule has 0 bridgehead atoms. The number of ketones is 1. The lowest BCUT2D eigenvalue weighted by Crippen LogP contribution is -2.45. The number of para-hydroxylation sites is 2. The average Bonchev–Trinajstić information content (AvgIpc) is 2.91. The van der Waals surface area contributed by atoms with Gasteiger partial charge in [0.05, 0.1) is 22.2 Å². The van der Waals surface area contributed by atoms with Crippen LogP contribution in [-0.2, 0) is 9.59 Å². The zero-order valence-corrected chi connectivity index (χ0v) is 20.2. The molecule has 0 fully saturated rings. The molecule has 0 saturated carbocycles. The lowest BCUT2D eigenvalue weighted by Gasteiger charge is -2.36. The minimum Gasteiger partial charge on any atom is -0.506 e. The molecule has 8 nitrogen and oxygen atoms in total. The fourth-order valence-corrected chi connectivity index (χ4v) is 4.78. The lowest BCUT2D eigenvalue weighted by molar-refractivity contribution is -0.385. The van der Waals surface area contributed by atoms with E-state index in [4.69, 9.17) is 0 Å². The van der Waals surface area contributed by atoms with Gasteiger partial charge in [-0.2, -0.15) is 0 Å². The first-order chi connectivity index (χ1) is 16.5. The van der Waals surface area contributed by atoms with Crippen molar-refractivity contribution in [1.82, 2.24) is 0 Å². The number of fused-ring (bicyclic) bond motifs is 1. The fourth-order valence-electron chi connectivity index (χ4n) is 4.78. The number of allylic oxidation sites excluding steroid dienone is 1. The van der Waals surface area contributed by atoms with Gasteiger partial charge in [-0.15, -0.1) is 0 Å². The van der Waals surface area contributed by atoms with Crippen LogP contribution in [0.5, 0.6) is 5.75 Å². The maximum atomic E-state index is 13.6. The highest BCUT2D eigenvalue weighted by Crippen LogP contribution is 2.47. The molecular formula is C27H29N3O5. The van der Waals surface area contributed by atoms with Crippen molar-refractivity contribution in [2.45, 2.75) is 46.6 Å². The number of anilines is 2. The molecule has 4 rings (SSSR count). The van der Waals surface area contributed by atoms with Crippen molar-refractivity contribution in [2.75, 3.05) is 10.2 Å². The largest absolute Gasteiger partial charge is 0.506 e. The SMILES string of the molecule is CC(C)C(=O)N1c2cccc(O)c2NC2=C(C(=O)CC(C)(C)C2)C1/C=C/c1ccccc1[N+](=O)[O-]. The summed E-state index contributed by atoms with van der Waals surface area (Å²) in [6.07, 6.45) is 4.11. The molecular weight excluding hydrogens is 446 g/mol. The Morgan fingerprint density at radius 3 is 2.60 bits per heavy atom. The van der Waals surface area contributed by atoms with E-state index in [9.17, 15) is 24.8 Å². The first-order valence-corrected chi connectivity index (χ1v) is 11.6. The van der Waals surface area contributed by atoms with Crippen molar-refractivity contribution in [2.24, 2.45) is 11.3 Å². The van der Waals surface area contributed by atoms with Crippen LogP contribution in [-0.4, -0.2) is 27.8 Å².